The molecule has 0 aliphatic rings. The third-order valence-corrected chi connectivity index (χ3v) is 3.58. The monoisotopic (exact) mass is 315 g/mol. The Hall–Kier alpha value is -2.23. The van der Waals surface area contributed by atoms with E-state index in [0.717, 1.165) is 17.7 Å². The molecule has 1 heterocycles. The first kappa shape index (κ1) is 17.1. The van der Waals surface area contributed by atoms with Crippen LogP contribution < -0.4 is 10.1 Å². The number of amides is 1. The normalized spacial score (nSPS) is 10.8. The summed E-state index contributed by atoms with van der Waals surface area (Å²) in [6.45, 7) is 9.29. The Morgan fingerprint density at radius 1 is 1.26 bits per heavy atom. The van der Waals surface area contributed by atoms with E-state index in [9.17, 15) is 4.79 Å². The van der Waals surface area contributed by atoms with Crippen molar-refractivity contribution >= 4 is 5.91 Å². The number of carbonyl (C=O) groups excluding carboxylic acids is 1. The van der Waals surface area contributed by atoms with Crippen LogP contribution in [0.15, 0.2) is 34.7 Å². The van der Waals surface area contributed by atoms with E-state index in [0.29, 0.717) is 30.6 Å². The molecule has 1 aromatic heterocycles. The maximum absolute atomic E-state index is 11.8. The lowest BCUT2D eigenvalue weighted by atomic mass is 10.0. The molecule has 4 heteroatoms. The highest BCUT2D eigenvalue weighted by Gasteiger charge is 2.12. The van der Waals surface area contributed by atoms with Crippen molar-refractivity contribution in [2.24, 2.45) is 0 Å². The summed E-state index contributed by atoms with van der Waals surface area (Å²) >= 11 is 0. The van der Waals surface area contributed by atoms with Crippen LogP contribution in [-0.2, 0) is 6.61 Å². The average Bonchev–Trinajstić information content (AvgIpc) is 2.99. The Bertz CT molecular complexity index is 658. The fraction of sp³-hybridized carbons (Fsp3) is 0.421. The molecule has 23 heavy (non-hydrogen) atoms. The first-order valence-electron chi connectivity index (χ1n) is 8.11. The van der Waals surface area contributed by atoms with Crippen molar-refractivity contribution < 1.29 is 13.9 Å². The molecule has 2 aromatic rings. The maximum Gasteiger partial charge on any atom is 0.286 e. The van der Waals surface area contributed by atoms with Crippen molar-refractivity contribution in [3.05, 3.63) is 53.0 Å². The summed E-state index contributed by atoms with van der Waals surface area (Å²) < 4.78 is 11.5. The highest BCUT2D eigenvalue weighted by atomic mass is 16.5. The molecule has 0 bridgehead atoms. The van der Waals surface area contributed by atoms with Gasteiger partial charge in [-0.2, -0.15) is 0 Å². The zero-order valence-corrected chi connectivity index (χ0v) is 14.3. The van der Waals surface area contributed by atoms with Gasteiger partial charge in [0.25, 0.3) is 5.91 Å². The van der Waals surface area contributed by atoms with E-state index in [-0.39, 0.29) is 5.91 Å². The molecule has 0 aliphatic heterocycles. The highest BCUT2D eigenvalue weighted by Crippen LogP contribution is 2.28. The SMILES string of the molecule is CCCNC(=O)c1ccc(COc2cc(C)ccc2C(C)C)o1. The van der Waals surface area contributed by atoms with Crippen molar-refractivity contribution in [1.29, 1.82) is 0 Å². The fourth-order valence-electron chi connectivity index (χ4n) is 2.30. The van der Waals surface area contributed by atoms with Gasteiger partial charge in [-0.05, 0) is 48.6 Å². The molecule has 1 aromatic carbocycles. The lowest BCUT2D eigenvalue weighted by molar-refractivity contribution is 0.0922. The van der Waals surface area contributed by atoms with Gasteiger partial charge in [-0.1, -0.05) is 32.9 Å². The van der Waals surface area contributed by atoms with Gasteiger partial charge in [-0.25, -0.2) is 0 Å². The molecule has 0 spiro atoms. The molecule has 4 nitrogen and oxygen atoms in total. The summed E-state index contributed by atoms with van der Waals surface area (Å²) in [6.07, 6.45) is 0.897. The topological polar surface area (TPSA) is 51.5 Å². The minimum absolute atomic E-state index is 0.184. The zero-order valence-electron chi connectivity index (χ0n) is 14.3. The Morgan fingerprint density at radius 2 is 2.04 bits per heavy atom. The maximum atomic E-state index is 11.8. The third-order valence-electron chi connectivity index (χ3n) is 3.58. The zero-order chi connectivity index (χ0) is 16.8. The quantitative estimate of drug-likeness (QED) is 0.822. The lowest BCUT2D eigenvalue weighted by Crippen LogP contribution is -2.23. The summed E-state index contributed by atoms with van der Waals surface area (Å²) in [5.41, 5.74) is 2.33. The van der Waals surface area contributed by atoms with E-state index >= 15 is 0 Å². The number of hydrogen-bond donors (Lipinski definition) is 1. The molecule has 0 atom stereocenters. The van der Waals surface area contributed by atoms with Gasteiger partial charge in [0.15, 0.2) is 5.76 Å². The summed E-state index contributed by atoms with van der Waals surface area (Å²) in [7, 11) is 0. The van der Waals surface area contributed by atoms with Crippen molar-refractivity contribution in [2.45, 2.75) is 46.6 Å². The van der Waals surface area contributed by atoms with Gasteiger partial charge in [0.2, 0.25) is 0 Å². The fourth-order valence-corrected chi connectivity index (χ4v) is 2.30. The summed E-state index contributed by atoms with van der Waals surface area (Å²) in [5.74, 6) is 2.04. The van der Waals surface area contributed by atoms with Crippen LogP contribution >= 0.6 is 0 Å². The molecule has 0 radical (unpaired) electrons. The van der Waals surface area contributed by atoms with Crippen LogP contribution in [0.3, 0.4) is 0 Å². The first-order valence-corrected chi connectivity index (χ1v) is 8.11. The van der Waals surface area contributed by atoms with Crippen LogP contribution in [0.4, 0.5) is 0 Å². The van der Waals surface area contributed by atoms with Crippen LogP contribution in [0.5, 0.6) is 5.75 Å². The molecule has 124 valence electrons. The minimum Gasteiger partial charge on any atom is -0.485 e. The van der Waals surface area contributed by atoms with Gasteiger partial charge < -0.3 is 14.5 Å². The molecular weight excluding hydrogens is 290 g/mol. The van der Waals surface area contributed by atoms with Crippen LogP contribution in [0, 0.1) is 6.92 Å². The van der Waals surface area contributed by atoms with Crippen LogP contribution in [0.2, 0.25) is 0 Å². The van der Waals surface area contributed by atoms with Crippen molar-refractivity contribution in [3.63, 3.8) is 0 Å². The summed E-state index contributed by atoms with van der Waals surface area (Å²) in [6, 6.07) is 9.69. The molecule has 2 rings (SSSR count). The predicted octanol–water partition coefficient (Wildman–Crippen LogP) is 4.43. The molecule has 0 saturated heterocycles. The molecule has 1 N–H and O–H groups in total. The van der Waals surface area contributed by atoms with Crippen LogP contribution in [0.25, 0.3) is 0 Å². The van der Waals surface area contributed by atoms with Crippen molar-refractivity contribution in [1.82, 2.24) is 5.32 Å². The van der Waals surface area contributed by atoms with Gasteiger partial charge in [0, 0.05) is 6.54 Å². The average molecular weight is 315 g/mol. The predicted molar refractivity (Wildman–Crippen MR) is 90.9 cm³/mol. The Kier molecular flexibility index (Phi) is 5.85. The number of rotatable bonds is 7. The lowest BCUT2D eigenvalue weighted by Gasteiger charge is -2.14. The van der Waals surface area contributed by atoms with E-state index < -0.39 is 0 Å². The first-order chi connectivity index (χ1) is 11.0. The summed E-state index contributed by atoms with van der Waals surface area (Å²) in [4.78, 5) is 11.8. The van der Waals surface area contributed by atoms with Gasteiger partial charge >= 0.3 is 0 Å². The number of benzene rings is 1. The van der Waals surface area contributed by atoms with Crippen LogP contribution in [0.1, 0.15) is 60.6 Å². The number of carbonyl (C=O) groups is 1. The van der Waals surface area contributed by atoms with E-state index in [1.54, 1.807) is 12.1 Å². The molecular formula is C19H25NO3. The van der Waals surface area contributed by atoms with Crippen molar-refractivity contribution in [3.8, 4) is 5.75 Å². The molecule has 1 amide bonds. The molecule has 0 fully saturated rings. The standard InChI is InChI=1S/C19H25NO3/c1-5-10-20-19(21)17-9-7-15(23-17)12-22-18-11-14(4)6-8-16(18)13(2)3/h6-9,11,13H,5,10,12H2,1-4H3,(H,20,21). The van der Waals surface area contributed by atoms with Gasteiger partial charge in [0.05, 0.1) is 0 Å². The highest BCUT2D eigenvalue weighted by molar-refractivity contribution is 5.91. The largest absolute Gasteiger partial charge is 0.485 e. The molecule has 0 unspecified atom stereocenters. The Labute approximate surface area is 137 Å². The van der Waals surface area contributed by atoms with E-state index in [4.69, 9.17) is 9.15 Å². The smallest absolute Gasteiger partial charge is 0.286 e. The van der Waals surface area contributed by atoms with E-state index in [2.05, 4.69) is 31.3 Å². The second kappa shape index (κ2) is 7.86. The minimum atomic E-state index is -0.184. The third kappa shape index (κ3) is 4.62. The number of aryl methyl sites for hydroxylation is 1. The molecule has 0 aliphatic carbocycles. The van der Waals surface area contributed by atoms with Crippen LogP contribution in [-0.4, -0.2) is 12.5 Å². The number of hydrogen-bond acceptors (Lipinski definition) is 3. The molecule has 0 saturated carbocycles. The number of nitrogens with one attached hydrogen (secondary N) is 1. The Morgan fingerprint density at radius 3 is 2.74 bits per heavy atom. The van der Waals surface area contributed by atoms with Crippen molar-refractivity contribution in [2.75, 3.05) is 6.54 Å². The van der Waals surface area contributed by atoms with E-state index in [1.807, 2.05) is 19.9 Å². The second-order valence-corrected chi connectivity index (χ2v) is 6.01. The number of ether oxygens (including phenoxy) is 1. The second-order valence-electron chi connectivity index (χ2n) is 6.01. The Balaban J connectivity index is 2.03. The van der Waals surface area contributed by atoms with E-state index in [1.165, 1.54) is 5.56 Å². The van der Waals surface area contributed by atoms with Gasteiger partial charge in [0.1, 0.15) is 18.1 Å². The number of furan rings is 1. The summed E-state index contributed by atoms with van der Waals surface area (Å²) in [5, 5.41) is 2.79. The van der Waals surface area contributed by atoms with Gasteiger partial charge in [-0.15, -0.1) is 0 Å². The van der Waals surface area contributed by atoms with Gasteiger partial charge in [-0.3, -0.25) is 4.79 Å².